The van der Waals surface area contributed by atoms with Crippen molar-refractivity contribution in [3.8, 4) is 0 Å². The Morgan fingerprint density at radius 3 is 1.11 bits per heavy atom. The van der Waals surface area contributed by atoms with Crippen molar-refractivity contribution in [3.63, 3.8) is 0 Å². The van der Waals surface area contributed by atoms with Crippen LogP contribution in [-0.2, 0) is 0 Å². The SMILES string of the molecule is CC1(C)C=C(CCCC2=CC(C)(C)C=C(CCCC(C)(C)CO)C2O)C(O)C(CCCC(C)(C)CO)=C1. The zero-order chi connectivity index (χ0) is 28.1. The molecule has 0 radical (unpaired) electrons. The molecule has 0 aromatic rings. The van der Waals surface area contributed by atoms with Crippen molar-refractivity contribution >= 4 is 0 Å². The lowest BCUT2D eigenvalue weighted by Gasteiger charge is -2.33. The van der Waals surface area contributed by atoms with Crippen LogP contribution in [0.4, 0.5) is 0 Å². The van der Waals surface area contributed by atoms with Gasteiger partial charge < -0.3 is 20.4 Å². The largest absolute Gasteiger partial charge is 0.396 e. The Balaban J connectivity index is 1.97. The van der Waals surface area contributed by atoms with E-state index in [0.29, 0.717) is 0 Å². The fourth-order valence-corrected chi connectivity index (χ4v) is 5.82. The summed E-state index contributed by atoms with van der Waals surface area (Å²) in [5.74, 6) is 0. The topological polar surface area (TPSA) is 80.9 Å². The predicted molar refractivity (Wildman–Crippen MR) is 155 cm³/mol. The molecule has 2 aliphatic rings. The number of rotatable bonds is 14. The van der Waals surface area contributed by atoms with Gasteiger partial charge >= 0.3 is 0 Å². The summed E-state index contributed by atoms with van der Waals surface area (Å²) in [6.07, 6.45) is 15.8. The molecule has 0 saturated carbocycles. The van der Waals surface area contributed by atoms with E-state index in [9.17, 15) is 20.4 Å². The second-order valence-corrected chi connectivity index (χ2v) is 14.5. The Morgan fingerprint density at radius 2 is 0.838 bits per heavy atom. The lowest BCUT2D eigenvalue weighted by Crippen LogP contribution is -2.25. The van der Waals surface area contributed by atoms with E-state index >= 15 is 0 Å². The van der Waals surface area contributed by atoms with Crippen LogP contribution in [0.25, 0.3) is 0 Å². The van der Waals surface area contributed by atoms with Gasteiger partial charge in [-0.3, -0.25) is 0 Å². The van der Waals surface area contributed by atoms with Gasteiger partial charge in [0.2, 0.25) is 0 Å². The molecule has 37 heavy (non-hydrogen) atoms. The van der Waals surface area contributed by atoms with Crippen LogP contribution >= 0.6 is 0 Å². The number of hydrogen-bond acceptors (Lipinski definition) is 4. The fourth-order valence-electron chi connectivity index (χ4n) is 5.82. The second kappa shape index (κ2) is 12.8. The third-order valence-corrected chi connectivity index (χ3v) is 8.06. The van der Waals surface area contributed by atoms with Crippen LogP contribution in [0.5, 0.6) is 0 Å². The minimum atomic E-state index is -0.530. The molecule has 0 aromatic heterocycles. The molecule has 2 rings (SSSR count). The zero-order valence-electron chi connectivity index (χ0n) is 25.0. The van der Waals surface area contributed by atoms with Gasteiger partial charge in [-0.1, -0.05) is 79.7 Å². The summed E-state index contributed by atoms with van der Waals surface area (Å²) in [5, 5.41) is 41.4. The normalized spacial score (nSPS) is 23.8. The first kappa shape index (κ1) is 32.0. The number of allylic oxidation sites excluding steroid dienone is 4. The van der Waals surface area contributed by atoms with Gasteiger partial charge in [-0.15, -0.1) is 0 Å². The van der Waals surface area contributed by atoms with Gasteiger partial charge in [-0.2, -0.15) is 0 Å². The van der Waals surface area contributed by atoms with Crippen LogP contribution in [-0.4, -0.2) is 45.8 Å². The predicted octanol–water partition coefficient (Wildman–Crippen LogP) is 7.04. The Labute approximate surface area is 227 Å². The Morgan fingerprint density at radius 1 is 0.568 bits per heavy atom. The first-order valence-electron chi connectivity index (χ1n) is 14.4. The number of aliphatic hydroxyl groups excluding tert-OH is 4. The molecule has 0 saturated heterocycles. The first-order chi connectivity index (χ1) is 17.0. The molecule has 0 heterocycles. The van der Waals surface area contributed by atoms with Crippen LogP contribution in [0.2, 0.25) is 0 Å². The van der Waals surface area contributed by atoms with Crippen molar-refractivity contribution in [2.24, 2.45) is 21.7 Å². The van der Waals surface area contributed by atoms with Crippen molar-refractivity contribution < 1.29 is 20.4 Å². The van der Waals surface area contributed by atoms with Crippen molar-refractivity contribution in [3.05, 3.63) is 46.6 Å². The highest BCUT2D eigenvalue weighted by atomic mass is 16.3. The van der Waals surface area contributed by atoms with Gasteiger partial charge in [-0.25, -0.2) is 0 Å². The van der Waals surface area contributed by atoms with Gasteiger partial charge in [0.1, 0.15) is 0 Å². The molecule has 4 heteroatoms. The minimum absolute atomic E-state index is 0.0831. The second-order valence-electron chi connectivity index (χ2n) is 14.5. The molecule has 0 spiro atoms. The third-order valence-electron chi connectivity index (χ3n) is 8.06. The summed E-state index contributed by atoms with van der Waals surface area (Å²) in [6.45, 7) is 17.5. The maximum atomic E-state index is 11.2. The van der Waals surface area contributed by atoms with E-state index in [1.54, 1.807) is 0 Å². The van der Waals surface area contributed by atoms with Gasteiger partial charge in [0.15, 0.2) is 0 Å². The number of hydrogen-bond donors (Lipinski definition) is 4. The number of aliphatic hydroxyl groups is 4. The van der Waals surface area contributed by atoms with Crippen LogP contribution < -0.4 is 0 Å². The average molecular weight is 517 g/mol. The average Bonchev–Trinajstić information content (AvgIpc) is 2.78. The Kier molecular flexibility index (Phi) is 11.0. The summed E-state index contributed by atoms with van der Waals surface area (Å²) < 4.78 is 0. The lowest BCUT2D eigenvalue weighted by molar-refractivity contribution is 0.147. The maximum Gasteiger partial charge on any atom is 0.0961 e. The summed E-state index contributed by atoms with van der Waals surface area (Å²) in [5.41, 5.74) is 4.06. The van der Waals surface area contributed by atoms with E-state index in [4.69, 9.17) is 0 Å². The van der Waals surface area contributed by atoms with Crippen molar-refractivity contribution in [2.75, 3.05) is 13.2 Å². The van der Waals surface area contributed by atoms with Crippen LogP contribution in [0.15, 0.2) is 46.6 Å². The monoisotopic (exact) mass is 516 g/mol. The molecular weight excluding hydrogens is 460 g/mol. The van der Waals surface area contributed by atoms with Crippen molar-refractivity contribution in [2.45, 2.75) is 125 Å². The quantitative estimate of drug-likeness (QED) is 0.187. The molecule has 0 aliphatic heterocycles. The zero-order valence-corrected chi connectivity index (χ0v) is 25.0. The van der Waals surface area contributed by atoms with E-state index in [1.807, 2.05) is 0 Å². The van der Waals surface area contributed by atoms with E-state index in [1.165, 1.54) is 0 Å². The summed E-state index contributed by atoms with van der Waals surface area (Å²) >= 11 is 0. The highest BCUT2D eigenvalue weighted by Crippen LogP contribution is 2.39. The molecule has 0 aromatic carbocycles. The standard InChI is InChI=1S/C33H56O4/c1-30(2,22-34)16-10-14-26-20-32(5,6)18-24(28(26)36)12-9-13-25-19-33(7,8)21-27(29(25)37)15-11-17-31(3,4)23-35/h18-21,28-29,34-37H,9-17,22-23H2,1-8H3. The van der Waals surface area contributed by atoms with Gasteiger partial charge in [0, 0.05) is 24.0 Å². The van der Waals surface area contributed by atoms with Crippen LogP contribution in [0.3, 0.4) is 0 Å². The highest BCUT2D eigenvalue weighted by Gasteiger charge is 2.30. The molecule has 212 valence electrons. The summed E-state index contributed by atoms with van der Waals surface area (Å²) in [4.78, 5) is 0. The minimum Gasteiger partial charge on any atom is -0.396 e. The fraction of sp³-hybridized carbons (Fsp3) is 0.758. The van der Waals surface area contributed by atoms with Crippen LogP contribution in [0.1, 0.15) is 113 Å². The van der Waals surface area contributed by atoms with E-state index < -0.39 is 12.2 Å². The summed E-state index contributed by atoms with van der Waals surface area (Å²) in [6, 6.07) is 0. The molecule has 0 fully saturated rings. The first-order valence-corrected chi connectivity index (χ1v) is 14.4. The molecule has 2 atom stereocenters. The lowest BCUT2D eigenvalue weighted by atomic mass is 9.75. The third kappa shape index (κ3) is 10.1. The molecule has 0 amide bonds. The van der Waals surface area contributed by atoms with E-state index in [0.717, 1.165) is 80.1 Å². The molecular formula is C33H56O4. The van der Waals surface area contributed by atoms with Gasteiger partial charge in [-0.05, 0) is 90.9 Å². The Bertz CT molecular complexity index is 810. The molecule has 0 bridgehead atoms. The molecule has 2 aliphatic carbocycles. The molecule has 4 nitrogen and oxygen atoms in total. The Hall–Kier alpha value is -1.20. The highest BCUT2D eigenvalue weighted by molar-refractivity contribution is 5.36. The van der Waals surface area contributed by atoms with Crippen molar-refractivity contribution in [1.29, 1.82) is 0 Å². The smallest absolute Gasteiger partial charge is 0.0961 e. The maximum absolute atomic E-state index is 11.2. The van der Waals surface area contributed by atoms with E-state index in [-0.39, 0.29) is 34.9 Å². The van der Waals surface area contributed by atoms with Gasteiger partial charge in [0.25, 0.3) is 0 Å². The molecule has 2 unspecified atom stereocenters. The summed E-state index contributed by atoms with van der Waals surface area (Å²) in [7, 11) is 0. The van der Waals surface area contributed by atoms with Crippen molar-refractivity contribution in [1.82, 2.24) is 0 Å². The van der Waals surface area contributed by atoms with Gasteiger partial charge in [0.05, 0.1) is 12.2 Å². The van der Waals surface area contributed by atoms with E-state index in [2.05, 4.69) is 79.7 Å². The molecule has 4 N–H and O–H groups in total. The van der Waals surface area contributed by atoms with Crippen LogP contribution in [0, 0.1) is 21.7 Å².